The highest BCUT2D eigenvalue weighted by Crippen LogP contribution is 2.42. The smallest absolute Gasteiger partial charge is 0.238 e. The van der Waals surface area contributed by atoms with Crippen LogP contribution >= 0.6 is 11.8 Å². The summed E-state index contributed by atoms with van der Waals surface area (Å²) in [5.41, 5.74) is 5.13. The highest BCUT2D eigenvalue weighted by atomic mass is 32.2. The third-order valence-electron chi connectivity index (χ3n) is 3.55. The standard InChI is InChI=1S/C13H22N4OS/c1-3-6-15-13(12(14)18,10-4-5-10)9-19-11-7-16-17(2)8-11/h7-8,10,15H,3-6,9H2,1-2H3,(H2,14,18). The lowest BCUT2D eigenvalue weighted by atomic mass is 9.94. The van der Waals surface area contributed by atoms with E-state index < -0.39 is 5.54 Å². The van der Waals surface area contributed by atoms with E-state index in [1.165, 1.54) is 0 Å². The molecular formula is C13H22N4OS. The molecular weight excluding hydrogens is 260 g/mol. The van der Waals surface area contributed by atoms with E-state index in [0.29, 0.717) is 11.7 Å². The second-order valence-electron chi connectivity index (χ2n) is 5.18. The van der Waals surface area contributed by atoms with Gasteiger partial charge in [-0.25, -0.2) is 0 Å². The Morgan fingerprint density at radius 3 is 2.89 bits per heavy atom. The van der Waals surface area contributed by atoms with Crippen LogP contribution in [-0.4, -0.2) is 33.5 Å². The van der Waals surface area contributed by atoms with Gasteiger partial charge in [-0.05, 0) is 31.7 Å². The van der Waals surface area contributed by atoms with Crippen LogP contribution in [0.2, 0.25) is 0 Å². The van der Waals surface area contributed by atoms with Crippen LogP contribution in [0.1, 0.15) is 26.2 Å². The molecule has 1 heterocycles. The molecule has 1 unspecified atom stereocenters. The molecule has 1 aliphatic carbocycles. The molecule has 1 aromatic rings. The maximum absolute atomic E-state index is 12.0. The molecule has 6 heteroatoms. The molecule has 0 radical (unpaired) electrons. The second-order valence-corrected chi connectivity index (χ2v) is 6.22. The number of aryl methyl sites for hydroxylation is 1. The van der Waals surface area contributed by atoms with Crippen molar-refractivity contribution in [2.24, 2.45) is 18.7 Å². The molecule has 0 aromatic carbocycles. The molecule has 5 nitrogen and oxygen atoms in total. The average molecular weight is 282 g/mol. The van der Waals surface area contributed by atoms with Gasteiger partial charge in [0.05, 0.1) is 6.20 Å². The van der Waals surface area contributed by atoms with Crippen molar-refractivity contribution in [2.45, 2.75) is 36.6 Å². The van der Waals surface area contributed by atoms with E-state index in [1.54, 1.807) is 16.4 Å². The van der Waals surface area contributed by atoms with Gasteiger partial charge < -0.3 is 11.1 Å². The molecule has 1 saturated carbocycles. The Labute approximate surface area is 118 Å². The molecule has 1 atom stereocenters. The molecule has 1 aromatic heterocycles. The Balaban J connectivity index is 2.05. The van der Waals surface area contributed by atoms with Gasteiger partial charge in [-0.2, -0.15) is 5.10 Å². The highest BCUT2D eigenvalue weighted by molar-refractivity contribution is 7.99. The number of nitrogens with zero attached hydrogens (tertiary/aromatic N) is 2. The number of hydrogen-bond donors (Lipinski definition) is 2. The normalized spacial score (nSPS) is 18.2. The topological polar surface area (TPSA) is 72.9 Å². The van der Waals surface area contributed by atoms with Crippen LogP contribution in [-0.2, 0) is 11.8 Å². The number of nitrogens with two attached hydrogens (primary N) is 1. The van der Waals surface area contributed by atoms with E-state index >= 15 is 0 Å². The zero-order valence-electron chi connectivity index (χ0n) is 11.6. The van der Waals surface area contributed by atoms with E-state index in [0.717, 1.165) is 30.7 Å². The Morgan fingerprint density at radius 2 is 2.42 bits per heavy atom. The van der Waals surface area contributed by atoms with Crippen LogP contribution < -0.4 is 11.1 Å². The van der Waals surface area contributed by atoms with Crippen molar-refractivity contribution in [3.05, 3.63) is 12.4 Å². The summed E-state index contributed by atoms with van der Waals surface area (Å²) in [5.74, 6) is 0.846. The largest absolute Gasteiger partial charge is 0.368 e. The molecule has 1 amide bonds. The van der Waals surface area contributed by atoms with E-state index in [-0.39, 0.29) is 5.91 Å². The Morgan fingerprint density at radius 1 is 1.68 bits per heavy atom. The maximum Gasteiger partial charge on any atom is 0.238 e. The minimum Gasteiger partial charge on any atom is -0.368 e. The lowest BCUT2D eigenvalue weighted by Crippen LogP contribution is -2.59. The molecule has 1 aliphatic rings. The molecule has 0 bridgehead atoms. The molecule has 3 N–H and O–H groups in total. The van der Waals surface area contributed by atoms with Crippen LogP contribution in [0.4, 0.5) is 0 Å². The van der Waals surface area contributed by atoms with E-state index in [9.17, 15) is 4.79 Å². The summed E-state index contributed by atoms with van der Waals surface area (Å²) in [6, 6.07) is 0. The molecule has 19 heavy (non-hydrogen) atoms. The second kappa shape index (κ2) is 5.96. The van der Waals surface area contributed by atoms with Crippen molar-refractivity contribution in [1.82, 2.24) is 15.1 Å². The number of carbonyl (C=O) groups excluding carboxylic acids is 1. The summed E-state index contributed by atoms with van der Waals surface area (Å²) in [7, 11) is 1.89. The number of hydrogen-bond acceptors (Lipinski definition) is 4. The number of nitrogens with one attached hydrogen (secondary N) is 1. The van der Waals surface area contributed by atoms with E-state index in [2.05, 4.69) is 17.3 Å². The number of amides is 1. The highest BCUT2D eigenvalue weighted by Gasteiger charge is 2.49. The molecule has 1 fully saturated rings. The predicted molar refractivity (Wildman–Crippen MR) is 76.9 cm³/mol. The maximum atomic E-state index is 12.0. The van der Waals surface area contributed by atoms with Gasteiger partial charge in [-0.15, -0.1) is 11.8 Å². The van der Waals surface area contributed by atoms with Crippen LogP contribution in [0, 0.1) is 5.92 Å². The van der Waals surface area contributed by atoms with Crippen LogP contribution in [0.3, 0.4) is 0 Å². The summed E-state index contributed by atoms with van der Waals surface area (Å²) in [6.45, 7) is 2.92. The van der Waals surface area contributed by atoms with Gasteiger partial charge in [-0.1, -0.05) is 6.92 Å². The van der Waals surface area contributed by atoms with Gasteiger partial charge >= 0.3 is 0 Å². The minimum absolute atomic E-state index is 0.222. The van der Waals surface area contributed by atoms with Gasteiger partial charge in [0.25, 0.3) is 0 Å². The van der Waals surface area contributed by atoms with Gasteiger partial charge in [0.2, 0.25) is 5.91 Å². The van der Waals surface area contributed by atoms with Crippen LogP contribution in [0.15, 0.2) is 17.3 Å². The third-order valence-corrected chi connectivity index (χ3v) is 4.70. The zero-order valence-corrected chi connectivity index (χ0v) is 12.4. The van der Waals surface area contributed by atoms with Gasteiger partial charge in [0.15, 0.2) is 0 Å². The summed E-state index contributed by atoms with van der Waals surface area (Å²) in [4.78, 5) is 13.0. The van der Waals surface area contributed by atoms with E-state index in [1.807, 2.05) is 19.4 Å². The number of thioether (sulfide) groups is 1. The predicted octanol–water partition coefficient (Wildman–Crippen LogP) is 1.15. The van der Waals surface area contributed by atoms with Crippen molar-refractivity contribution in [3.63, 3.8) is 0 Å². The lowest BCUT2D eigenvalue weighted by Gasteiger charge is -2.31. The number of rotatable bonds is 8. The summed E-state index contributed by atoms with van der Waals surface area (Å²) in [5, 5.41) is 7.54. The first kappa shape index (κ1) is 14.4. The molecule has 0 saturated heterocycles. The fraction of sp³-hybridized carbons (Fsp3) is 0.692. The molecule has 0 aliphatic heterocycles. The number of primary amides is 1. The van der Waals surface area contributed by atoms with Crippen molar-refractivity contribution >= 4 is 17.7 Å². The summed E-state index contributed by atoms with van der Waals surface area (Å²) >= 11 is 1.65. The van der Waals surface area contributed by atoms with Crippen molar-refractivity contribution < 1.29 is 4.79 Å². The quantitative estimate of drug-likeness (QED) is 0.701. The Hall–Kier alpha value is -1.01. The number of aromatic nitrogens is 2. The van der Waals surface area contributed by atoms with Crippen molar-refractivity contribution in [1.29, 1.82) is 0 Å². The van der Waals surface area contributed by atoms with Crippen LogP contribution in [0.5, 0.6) is 0 Å². The fourth-order valence-electron chi connectivity index (χ4n) is 2.27. The van der Waals surface area contributed by atoms with Crippen molar-refractivity contribution in [3.8, 4) is 0 Å². The third kappa shape index (κ3) is 3.30. The minimum atomic E-state index is -0.559. The Kier molecular flexibility index (Phi) is 4.52. The van der Waals surface area contributed by atoms with Crippen molar-refractivity contribution in [2.75, 3.05) is 12.3 Å². The molecule has 106 valence electrons. The summed E-state index contributed by atoms with van der Waals surface area (Å²) < 4.78 is 1.77. The first-order chi connectivity index (χ1) is 9.08. The first-order valence-electron chi connectivity index (χ1n) is 6.75. The zero-order chi connectivity index (χ0) is 13.9. The van der Waals surface area contributed by atoms with Gasteiger partial charge in [0.1, 0.15) is 5.54 Å². The van der Waals surface area contributed by atoms with Crippen LogP contribution in [0.25, 0.3) is 0 Å². The number of carbonyl (C=O) groups is 1. The first-order valence-corrected chi connectivity index (χ1v) is 7.73. The molecule has 2 rings (SSSR count). The van der Waals surface area contributed by atoms with Gasteiger partial charge in [-0.3, -0.25) is 9.48 Å². The van der Waals surface area contributed by atoms with Gasteiger partial charge in [0, 0.05) is 23.9 Å². The average Bonchev–Trinajstić information content (AvgIpc) is 3.13. The monoisotopic (exact) mass is 282 g/mol. The SMILES string of the molecule is CCCNC(CSc1cnn(C)c1)(C(N)=O)C1CC1. The lowest BCUT2D eigenvalue weighted by molar-refractivity contribution is -0.124. The Bertz CT molecular complexity index is 444. The fourth-order valence-corrected chi connectivity index (χ4v) is 3.49. The van der Waals surface area contributed by atoms with E-state index in [4.69, 9.17) is 5.73 Å². The molecule has 0 spiro atoms. The summed E-state index contributed by atoms with van der Waals surface area (Å²) in [6.07, 6.45) is 6.96.